The van der Waals surface area contributed by atoms with Gasteiger partial charge in [0.15, 0.2) is 0 Å². The Kier molecular flexibility index (Phi) is 1.25. The normalized spacial score (nSPS) is 10.3. The molecule has 2 rings (SSSR count). The van der Waals surface area contributed by atoms with Crippen LogP contribution in [-0.4, -0.2) is 19.3 Å². The minimum absolute atomic E-state index is 0.947. The van der Waals surface area contributed by atoms with Gasteiger partial charge in [-0.05, 0) is 6.92 Å². The molecule has 0 bridgehead atoms. The molecule has 0 aromatic carbocycles. The maximum atomic E-state index is 4.09. The van der Waals surface area contributed by atoms with Crippen molar-refractivity contribution in [1.82, 2.24) is 19.3 Å². The van der Waals surface area contributed by atoms with Crippen LogP contribution in [0.3, 0.4) is 0 Å². The molecule has 0 aliphatic heterocycles. The maximum absolute atomic E-state index is 4.09. The number of imidazole rings is 2. The van der Waals surface area contributed by atoms with E-state index in [-0.39, 0.29) is 0 Å². The second-order valence-electron chi connectivity index (χ2n) is 2.26. The van der Waals surface area contributed by atoms with Gasteiger partial charge in [0.25, 0.3) is 0 Å². The van der Waals surface area contributed by atoms with Crippen LogP contribution in [0.25, 0.3) is 0 Å². The Morgan fingerprint density at radius 3 is 2.73 bits per heavy atom. The Balaban J connectivity index is 2.53. The third kappa shape index (κ3) is 0.920. The van der Waals surface area contributed by atoms with E-state index in [2.05, 4.69) is 9.97 Å². The van der Waals surface area contributed by atoms with Crippen LogP contribution in [0.1, 0.15) is 5.82 Å². The van der Waals surface area contributed by atoms with Crippen molar-refractivity contribution in [1.29, 1.82) is 0 Å². The smallest absolute Gasteiger partial charge is 0.125 e. The Hall–Kier alpha value is -1.58. The van der Waals surface area contributed by atoms with Gasteiger partial charge in [0.2, 0.25) is 0 Å². The number of hydrogen-bond donors (Lipinski definition) is 0. The predicted octanol–water partition coefficient (Wildman–Crippen LogP) is 0.699. The highest BCUT2D eigenvalue weighted by atomic mass is 15.5. The Labute approximate surface area is 64.1 Å². The minimum Gasteiger partial charge on any atom is -0.243 e. The summed E-state index contributed by atoms with van der Waals surface area (Å²) in [6, 6.07) is 0. The highest BCUT2D eigenvalue weighted by Crippen LogP contribution is 1.95. The van der Waals surface area contributed by atoms with Gasteiger partial charge in [-0.3, -0.25) is 0 Å². The first-order chi connectivity index (χ1) is 5.38. The lowest BCUT2D eigenvalue weighted by atomic mass is 10.7. The summed E-state index contributed by atoms with van der Waals surface area (Å²) in [6.45, 7) is 1.94. The van der Waals surface area contributed by atoms with Crippen LogP contribution in [0.4, 0.5) is 0 Å². The third-order valence-corrected chi connectivity index (χ3v) is 1.54. The Morgan fingerprint density at radius 1 is 1.27 bits per heavy atom. The van der Waals surface area contributed by atoms with Crippen LogP contribution in [0, 0.1) is 6.92 Å². The van der Waals surface area contributed by atoms with E-state index < -0.39 is 0 Å². The molecule has 11 heavy (non-hydrogen) atoms. The van der Waals surface area contributed by atoms with Crippen molar-refractivity contribution in [2.45, 2.75) is 6.92 Å². The van der Waals surface area contributed by atoms with E-state index in [9.17, 15) is 0 Å². The fourth-order valence-corrected chi connectivity index (χ4v) is 0.995. The van der Waals surface area contributed by atoms with Gasteiger partial charge in [-0.25, -0.2) is 19.3 Å². The number of rotatable bonds is 1. The molecule has 2 heterocycles. The van der Waals surface area contributed by atoms with Gasteiger partial charge >= 0.3 is 0 Å². The van der Waals surface area contributed by atoms with Gasteiger partial charge in [-0.15, -0.1) is 0 Å². The van der Waals surface area contributed by atoms with E-state index in [0.717, 1.165) is 5.82 Å². The van der Waals surface area contributed by atoms with Crippen molar-refractivity contribution in [2.24, 2.45) is 0 Å². The number of hydrogen-bond acceptors (Lipinski definition) is 2. The van der Waals surface area contributed by atoms with E-state index in [1.807, 2.05) is 28.7 Å². The first kappa shape index (κ1) is 6.15. The SMILES string of the molecule is Cc1nccn1-n1ccnc1. The van der Waals surface area contributed by atoms with Crippen molar-refractivity contribution in [3.8, 4) is 0 Å². The molecule has 0 radical (unpaired) electrons. The molecule has 0 unspecified atom stereocenters. The summed E-state index contributed by atoms with van der Waals surface area (Å²) in [5.74, 6) is 0.947. The summed E-state index contributed by atoms with van der Waals surface area (Å²) in [6.07, 6.45) is 8.98. The summed E-state index contributed by atoms with van der Waals surface area (Å²) >= 11 is 0. The Morgan fingerprint density at radius 2 is 2.18 bits per heavy atom. The number of aromatic nitrogens is 4. The van der Waals surface area contributed by atoms with Crippen LogP contribution >= 0.6 is 0 Å². The zero-order chi connectivity index (χ0) is 7.68. The summed E-state index contributed by atoms with van der Waals surface area (Å²) in [4.78, 5) is 8.02. The van der Waals surface area contributed by atoms with E-state index in [1.54, 1.807) is 18.7 Å². The van der Waals surface area contributed by atoms with E-state index in [1.165, 1.54) is 0 Å². The van der Waals surface area contributed by atoms with Crippen molar-refractivity contribution < 1.29 is 0 Å². The maximum Gasteiger partial charge on any atom is 0.125 e. The quantitative estimate of drug-likeness (QED) is 0.596. The first-order valence-corrected chi connectivity index (χ1v) is 3.36. The fourth-order valence-electron chi connectivity index (χ4n) is 0.995. The second kappa shape index (κ2) is 2.23. The molecule has 0 N–H and O–H groups in total. The van der Waals surface area contributed by atoms with Gasteiger partial charge < -0.3 is 0 Å². The van der Waals surface area contributed by atoms with Gasteiger partial charge in [0.05, 0.1) is 0 Å². The first-order valence-electron chi connectivity index (χ1n) is 3.36. The standard InChI is InChI=1S/C7H8N4/c1-7-9-3-5-11(7)10-4-2-8-6-10/h2-6H,1H3. The van der Waals surface area contributed by atoms with Crippen LogP contribution in [-0.2, 0) is 0 Å². The van der Waals surface area contributed by atoms with E-state index in [4.69, 9.17) is 0 Å². The highest BCUT2D eigenvalue weighted by Gasteiger charge is 1.95. The molecule has 0 atom stereocenters. The average molecular weight is 148 g/mol. The van der Waals surface area contributed by atoms with E-state index in [0.29, 0.717) is 0 Å². The molecule has 0 spiro atoms. The van der Waals surface area contributed by atoms with Crippen LogP contribution in [0.5, 0.6) is 0 Å². The third-order valence-electron chi connectivity index (χ3n) is 1.54. The lowest BCUT2D eigenvalue weighted by Crippen LogP contribution is -2.06. The average Bonchev–Trinajstić information content (AvgIpc) is 2.55. The minimum atomic E-state index is 0.947. The molecular formula is C7H8N4. The summed E-state index contributed by atoms with van der Waals surface area (Å²) in [7, 11) is 0. The van der Waals surface area contributed by atoms with Gasteiger partial charge in [0, 0.05) is 24.8 Å². The van der Waals surface area contributed by atoms with Crippen LogP contribution < -0.4 is 0 Å². The van der Waals surface area contributed by atoms with Crippen molar-refractivity contribution >= 4 is 0 Å². The second-order valence-corrected chi connectivity index (χ2v) is 2.26. The molecule has 0 saturated heterocycles. The van der Waals surface area contributed by atoms with Crippen LogP contribution in [0.15, 0.2) is 31.1 Å². The van der Waals surface area contributed by atoms with Crippen molar-refractivity contribution in [3.05, 3.63) is 36.9 Å². The monoisotopic (exact) mass is 148 g/mol. The number of aryl methyl sites for hydroxylation is 1. The molecule has 0 aliphatic rings. The summed E-state index contributed by atoms with van der Waals surface area (Å²) in [5.41, 5.74) is 0. The van der Waals surface area contributed by atoms with Crippen LogP contribution in [0.2, 0.25) is 0 Å². The molecule has 56 valence electrons. The van der Waals surface area contributed by atoms with Crippen molar-refractivity contribution in [2.75, 3.05) is 0 Å². The zero-order valence-corrected chi connectivity index (χ0v) is 6.18. The fraction of sp³-hybridized carbons (Fsp3) is 0.143. The lowest BCUT2D eigenvalue weighted by Gasteiger charge is -2.02. The van der Waals surface area contributed by atoms with E-state index >= 15 is 0 Å². The zero-order valence-electron chi connectivity index (χ0n) is 6.18. The number of nitrogens with zero attached hydrogens (tertiary/aromatic N) is 4. The predicted molar refractivity (Wildman–Crippen MR) is 40.0 cm³/mol. The largest absolute Gasteiger partial charge is 0.243 e. The van der Waals surface area contributed by atoms with Gasteiger partial charge in [-0.2, -0.15) is 0 Å². The molecule has 4 heteroatoms. The molecule has 0 fully saturated rings. The molecule has 0 amide bonds. The summed E-state index contributed by atoms with van der Waals surface area (Å²) in [5, 5.41) is 0. The molecule has 0 saturated carbocycles. The highest BCUT2D eigenvalue weighted by molar-refractivity contribution is 4.91. The Bertz CT molecular complexity index is 333. The lowest BCUT2D eigenvalue weighted by molar-refractivity contribution is 0.634. The van der Waals surface area contributed by atoms with Crippen molar-refractivity contribution in [3.63, 3.8) is 0 Å². The molecule has 4 nitrogen and oxygen atoms in total. The molecular weight excluding hydrogens is 140 g/mol. The molecule has 2 aromatic rings. The van der Waals surface area contributed by atoms with Gasteiger partial charge in [-0.1, -0.05) is 0 Å². The summed E-state index contributed by atoms with van der Waals surface area (Å²) < 4.78 is 3.77. The molecule has 0 aliphatic carbocycles. The molecule has 2 aromatic heterocycles. The topological polar surface area (TPSA) is 35.6 Å². The van der Waals surface area contributed by atoms with Gasteiger partial charge in [0.1, 0.15) is 12.2 Å².